The highest BCUT2D eigenvalue weighted by Gasteiger charge is 2.31. The first kappa shape index (κ1) is 21.5. The molecule has 1 aromatic rings. The monoisotopic (exact) mass is 373 g/mol. The van der Waals surface area contributed by atoms with Crippen molar-refractivity contribution in [1.82, 2.24) is 4.90 Å². The lowest BCUT2D eigenvalue weighted by Gasteiger charge is -2.29. The minimum atomic E-state index is -0.200. The molecule has 0 spiro atoms. The third-order valence-electron chi connectivity index (χ3n) is 4.89. The van der Waals surface area contributed by atoms with Crippen LogP contribution in [-0.4, -0.2) is 36.3 Å². The number of rotatable bonds is 9. The number of benzene rings is 1. The van der Waals surface area contributed by atoms with E-state index in [-0.39, 0.29) is 17.6 Å². The lowest BCUT2D eigenvalue weighted by molar-refractivity contribution is -0.133. The van der Waals surface area contributed by atoms with Crippen LogP contribution in [0.25, 0.3) is 0 Å². The van der Waals surface area contributed by atoms with Crippen molar-refractivity contribution in [1.29, 1.82) is 0 Å². The summed E-state index contributed by atoms with van der Waals surface area (Å²) in [4.78, 5) is 27.7. The lowest BCUT2D eigenvalue weighted by Crippen LogP contribution is -2.39. The highest BCUT2D eigenvalue weighted by molar-refractivity contribution is 6.02. The Morgan fingerprint density at radius 3 is 2.44 bits per heavy atom. The number of carbonyl (C=O) groups is 2. The van der Waals surface area contributed by atoms with Gasteiger partial charge >= 0.3 is 0 Å². The van der Waals surface area contributed by atoms with E-state index < -0.39 is 0 Å². The van der Waals surface area contributed by atoms with Crippen LogP contribution in [0.4, 0.5) is 0 Å². The number of hydrogen-bond donors (Lipinski definition) is 0. The molecule has 150 valence electrons. The minimum absolute atomic E-state index is 0.112. The molecule has 0 saturated heterocycles. The molecule has 1 aromatic carbocycles. The van der Waals surface area contributed by atoms with E-state index in [2.05, 4.69) is 34.6 Å². The van der Waals surface area contributed by atoms with Gasteiger partial charge in [-0.25, -0.2) is 0 Å². The smallest absolute Gasteiger partial charge is 0.223 e. The molecular formula is C23H35NO3. The van der Waals surface area contributed by atoms with Gasteiger partial charge in [-0.05, 0) is 54.9 Å². The topological polar surface area (TPSA) is 46.6 Å². The second-order valence-corrected chi connectivity index (χ2v) is 8.56. The summed E-state index contributed by atoms with van der Waals surface area (Å²) in [6, 6.07) is 5.74. The van der Waals surface area contributed by atoms with Gasteiger partial charge in [0.15, 0.2) is 5.78 Å². The van der Waals surface area contributed by atoms with Crippen LogP contribution >= 0.6 is 0 Å². The highest BCUT2D eigenvalue weighted by Crippen LogP contribution is 2.31. The zero-order valence-electron chi connectivity index (χ0n) is 17.6. The SMILES string of the molecule is CCCOc1ccc2c(c1)CCC(CC(=O)N(CC(C)C)CC(C)C)C2=O. The number of amides is 1. The Morgan fingerprint density at radius 1 is 1.19 bits per heavy atom. The van der Waals surface area contributed by atoms with Gasteiger partial charge < -0.3 is 9.64 Å². The normalized spacial score (nSPS) is 16.6. The Hall–Kier alpha value is -1.84. The van der Waals surface area contributed by atoms with Crippen molar-refractivity contribution in [3.63, 3.8) is 0 Å². The van der Waals surface area contributed by atoms with Crippen molar-refractivity contribution in [3.8, 4) is 5.75 Å². The van der Waals surface area contributed by atoms with Gasteiger partial charge in [-0.2, -0.15) is 0 Å². The molecule has 0 bridgehead atoms. The van der Waals surface area contributed by atoms with Crippen LogP contribution < -0.4 is 4.74 Å². The van der Waals surface area contributed by atoms with Crippen molar-refractivity contribution in [2.75, 3.05) is 19.7 Å². The first-order valence-electron chi connectivity index (χ1n) is 10.4. The van der Waals surface area contributed by atoms with E-state index in [0.29, 0.717) is 24.9 Å². The Kier molecular flexibility index (Phi) is 7.88. The van der Waals surface area contributed by atoms with Gasteiger partial charge in [-0.1, -0.05) is 34.6 Å². The quantitative estimate of drug-likeness (QED) is 0.627. The fourth-order valence-electron chi connectivity index (χ4n) is 3.70. The van der Waals surface area contributed by atoms with Gasteiger partial charge in [0, 0.05) is 31.0 Å². The number of nitrogens with zero attached hydrogens (tertiary/aromatic N) is 1. The van der Waals surface area contributed by atoms with E-state index in [0.717, 1.165) is 49.2 Å². The Bertz CT molecular complexity index is 641. The molecule has 4 nitrogen and oxygen atoms in total. The molecule has 1 amide bonds. The third-order valence-corrected chi connectivity index (χ3v) is 4.89. The molecule has 0 aliphatic heterocycles. The van der Waals surface area contributed by atoms with Crippen LogP contribution in [0.1, 0.15) is 69.8 Å². The number of fused-ring (bicyclic) bond motifs is 1. The van der Waals surface area contributed by atoms with Crippen LogP contribution in [0.2, 0.25) is 0 Å². The maximum atomic E-state index is 12.9. The molecule has 0 radical (unpaired) electrons. The number of ketones is 1. The summed E-state index contributed by atoms with van der Waals surface area (Å²) in [5.74, 6) is 1.71. The number of aryl methyl sites for hydroxylation is 1. The third kappa shape index (κ3) is 6.08. The van der Waals surface area contributed by atoms with E-state index in [9.17, 15) is 9.59 Å². The van der Waals surface area contributed by atoms with Gasteiger partial charge in [-0.15, -0.1) is 0 Å². The molecule has 27 heavy (non-hydrogen) atoms. The van der Waals surface area contributed by atoms with Gasteiger partial charge in [-0.3, -0.25) is 9.59 Å². The van der Waals surface area contributed by atoms with Crippen molar-refractivity contribution in [2.45, 2.75) is 60.3 Å². The molecular weight excluding hydrogens is 338 g/mol. The van der Waals surface area contributed by atoms with E-state index in [4.69, 9.17) is 4.74 Å². The predicted octanol–water partition coefficient (Wildman–Crippen LogP) is 4.75. The number of Topliss-reactive ketones (excluding diaryl/α,β-unsaturated/α-hetero) is 1. The average molecular weight is 374 g/mol. The summed E-state index contributed by atoms with van der Waals surface area (Å²) in [6.07, 6.45) is 2.86. The van der Waals surface area contributed by atoms with Crippen molar-refractivity contribution in [2.24, 2.45) is 17.8 Å². The Morgan fingerprint density at radius 2 is 1.85 bits per heavy atom. The minimum Gasteiger partial charge on any atom is -0.494 e. The molecule has 2 rings (SSSR count). The lowest BCUT2D eigenvalue weighted by atomic mass is 9.80. The van der Waals surface area contributed by atoms with Crippen LogP contribution in [0.3, 0.4) is 0 Å². The summed E-state index contributed by atoms with van der Waals surface area (Å²) in [7, 11) is 0. The van der Waals surface area contributed by atoms with Crippen LogP contribution in [0.5, 0.6) is 5.75 Å². The standard InChI is InChI=1S/C23H35NO3/c1-6-11-27-20-9-10-21-18(12-20)7-8-19(23(21)26)13-22(25)24(14-16(2)3)15-17(4)5/h9-10,12,16-17,19H,6-8,11,13-15H2,1-5H3. The number of carbonyl (C=O) groups excluding carboxylic acids is 2. The van der Waals surface area contributed by atoms with E-state index >= 15 is 0 Å². The molecule has 4 heteroatoms. The van der Waals surface area contributed by atoms with Crippen molar-refractivity contribution < 1.29 is 14.3 Å². The molecule has 1 unspecified atom stereocenters. The van der Waals surface area contributed by atoms with Gasteiger partial charge in [0.25, 0.3) is 0 Å². The fraction of sp³-hybridized carbons (Fsp3) is 0.652. The van der Waals surface area contributed by atoms with Crippen molar-refractivity contribution >= 4 is 11.7 Å². The molecule has 1 aliphatic rings. The van der Waals surface area contributed by atoms with Crippen LogP contribution in [0.15, 0.2) is 18.2 Å². The summed E-state index contributed by atoms with van der Waals surface area (Å²) < 4.78 is 5.68. The largest absolute Gasteiger partial charge is 0.494 e. The van der Waals surface area contributed by atoms with Gasteiger partial charge in [0.1, 0.15) is 5.75 Å². The van der Waals surface area contributed by atoms with E-state index in [1.165, 1.54) is 0 Å². The summed E-state index contributed by atoms with van der Waals surface area (Å²) in [5.41, 5.74) is 1.82. The zero-order chi connectivity index (χ0) is 20.0. The molecule has 0 fully saturated rings. The second-order valence-electron chi connectivity index (χ2n) is 8.56. The summed E-state index contributed by atoms with van der Waals surface area (Å²) in [5, 5.41) is 0. The zero-order valence-corrected chi connectivity index (χ0v) is 17.6. The fourth-order valence-corrected chi connectivity index (χ4v) is 3.70. The predicted molar refractivity (Wildman–Crippen MR) is 109 cm³/mol. The molecule has 0 saturated carbocycles. The summed E-state index contributed by atoms with van der Waals surface area (Å²) in [6.45, 7) is 12.8. The Labute approximate surface area is 164 Å². The van der Waals surface area contributed by atoms with Crippen LogP contribution in [-0.2, 0) is 11.2 Å². The molecule has 1 atom stereocenters. The van der Waals surface area contributed by atoms with Gasteiger partial charge in [0.2, 0.25) is 5.91 Å². The van der Waals surface area contributed by atoms with E-state index in [1.807, 2.05) is 23.1 Å². The van der Waals surface area contributed by atoms with Gasteiger partial charge in [0.05, 0.1) is 6.61 Å². The maximum absolute atomic E-state index is 12.9. The second kappa shape index (κ2) is 9.91. The highest BCUT2D eigenvalue weighted by atomic mass is 16.5. The summed E-state index contributed by atoms with van der Waals surface area (Å²) >= 11 is 0. The first-order valence-corrected chi connectivity index (χ1v) is 10.4. The number of ether oxygens (including phenoxy) is 1. The van der Waals surface area contributed by atoms with Crippen molar-refractivity contribution in [3.05, 3.63) is 29.3 Å². The molecule has 0 N–H and O–H groups in total. The Balaban J connectivity index is 2.06. The molecule has 0 heterocycles. The van der Waals surface area contributed by atoms with E-state index in [1.54, 1.807) is 0 Å². The molecule has 1 aliphatic carbocycles. The number of hydrogen-bond acceptors (Lipinski definition) is 3. The van der Waals surface area contributed by atoms with Crippen LogP contribution in [0, 0.1) is 17.8 Å². The molecule has 0 aromatic heterocycles. The first-order chi connectivity index (χ1) is 12.8. The average Bonchev–Trinajstić information content (AvgIpc) is 2.60. The maximum Gasteiger partial charge on any atom is 0.223 e.